The van der Waals surface area contributed by atoms with Crippen molar-refractivity contribution in [1.29, 1.82) is 0 Å². The Labute approximate surface area is 257 Å². The molecule has 0 saturated heterocycles. The zero-order valence-corrected chi connectivity index (χ0v) is 24.7. The summed E-state index contributed by atoms with van der Waals surface area (Å²) in [5, 5.41) is 9.04. The van der Waals surface area contributed by atoms with Crippen molar-refractivity contribution in [2.45, 2.75) is 18.0 Å². The lowest BCUT2D eigenvalue weighted by Gasteiger charge is -2.21. The number of nitrogens with zero attached hydrogens (tertiary/aromatic N) is 2. The summed E-state index contributed by atoms with van der Waals surface area (Å²) in [6, 6.07) is 28.7. The van der Waals surface area contributed by atoms with Crippen molar-refractivity contribution in [3.05, 3.63) is 130 Å². The number of halogens is 2. The van der Waals surface area contributed by atoms with Crippen LogP contribution in [-0.2, 0) is 32.7 Å². The maximum Gasteiger partial charge on any atom is 0.329 e. The van der Waals surface area contributed by atoms with Crippen molar-refractivity contribution in [2.24, 2.45) is 5.10 Å². The van der Waals surface area contributed by atoms with E-state index in [0.29, 0.717) is 21.5 Å². The maximum absolute atomic E-state index is 13.5. The predicted molar refractivity (Wildman–Crippen MR) is 166 cm³/mol. The molecule has 0 bridgehead atoms. The summed E-state index contributed by atoms with van der Waals surface area (Å²) in [6.45, 7) is -0.0463. The lowest BCUT2D eigenvalue weighted by Crippen LogP contribution is -2.32. The van der Waals surface area contributed by atoms with E-state index in [0.717, 1.165) is 16.3 Å². The summed E-state index contributed by atoms with van der Waals surface area (Å²) in [5.74, 6) is -1.30. The molecule has 2 amide bonds. The Bertz CT molecular complexity index is 1900. The number of carbonyl (C=O) groups is 2. The predicted octanol–water partition coefficient (Wildman–Crippen LogP) is 6.22. The van der Waals surface area contributed by atoms with Crippen LogP contribution in [0.15, 0.2) is 118 Å². The number of furan rings is 1. The molecule has 9 nitrogen and oxygen atoms in total. The van der Waals surface area contributed by atoms with Crippen LogP contribution in [0.1, 0.15) is 17.1 Å². The average molecular weight is 636 g/mol. The Balaban J connectivity index is 1.26. The van der Waals surface area contributed by atoms with Gasteiger partial charge in [0.15, 0.2) is 0 Å². The van der Waals surface area contributed by atoms with Crippen molar-refractivity contribution in [1.82, 2.24) is 9.73 Å². The molecule has 0 unspecified atom stereocenters. The minimum absolute atomic E-state index is 0.0497. The van der Waals surface area contributed by atoms with Gasteiger partial charge in [-0.3, -0.25) is 9.59 Å². The van der Waals surface area contributed by atoms with Crippen LogP contribution in [0.25, 0.3) is 10.8 Å². The number of fused-ring (bicyclic) bond motifs is 1. The molecule has 12 heteroatoms. The van der Waals surface area contributed by atoms with E-state index in [1.54, 1.807) is 48.5 Å². The van der Waals surface area contributed by atoms with E-state index in [-0.39, 0.29) is 23.7 Å². The number of sulfonamides is 1. The zero-order valence-electron chi connectivity index (χ0n) is 22.4. The van der Waals surface area contributed by atoms with Crippen molar-refractivity contribution in [2.75, 3.05) is 5.32 Å². The Morgan fingerprint density at radius 1 is 0.791 bits per heavy atom. The number of anilines is 1. The van der Waals surface area contributed by atoms with E-state index in [4.69, 9.17) is 27.6 Å². The fourth-order valence-corrected chi connectivity index (χ4v) is 5.86. The number of carbonyl (C=O) groups excluding carboxylic acids is 2. The second-order valence-electron chi connectivity index (χ2n) is 9.34. The third kappa shape index (κ3) is 7.49. The molecular weight excluding hydrogens is 611 g/mol. The first-order chi connectivity index (χ1) is 20.7. The molecule has 5 rings (SSSR count). The highest BCUT2D eigenvalue weighted by molar-refractivity contribution is 7.89. The molecule has 0 aliphatic rings. The van der Waals surface area contributed by atoms with Crippen LogP contribution in [0.2, 0.25) is 10.0 Å². The molecule has 0 aliphatic carbocycles. The van der Waals surface area contributed by atoms with Gasteiger partial charge in [-0.1, -0.05) is 71.7 Å². The fourth-order valence-electron chi connectivity index (χ4n) is 4.22. The lowest BCUT2D eigenvalue weighted by molar-refractivity contribution is -0.136. The highest BCUT2D eigenvalue weighted by Crippen LogP contribution is 2.25. The third-order valence-corrected chi connectivity index (χ3v) is 8.65. The van der Waals surface area contributed by atoms with Gasteiger partial charge in [-0.2, -0.15) is 9.41 Å². The largest absolute Gasteiger partial charge is 0.459 e. The second kappa shape index (κ2) is 13.2. The summed E-state index contributed by atoms with van der Waals surface area (Å²) in [4.78, 5) is 24.8. The van der Waals surface area contributed by atoms with Crippen molar-refractivity contribution in [3.8, 4) is 0 Å². The molecule has 5 aromatic rings. The first-order valence-corrected chi connectivity index (χ1v) is 15.1. The monoisotopic (exact) mass is 634 g/mol. The molecule has 0 fully saturated rings. The normalized spacial score (nSPS) is 11.7. The number of hydrogen-bond donors (Lipinski definition) is 2. The molecule has 1 aromatic heterocycles. The molecule has 0 saturated carbocycles. The van der Waals surface area contributed by atoms with Gasteiger partial charge in [-0.25, -0.2) is 13.8 Å². The Morgan fingerprint density at radius 3 is 2.21 bits per heavy atom. The van der Waals surface area contributed by atoms with Gasteiger partial charge in [0.25, 0.3) is 0 Å². The maximum atomic E-state index is 13.5. The van der Waals surface area contributed by atoms with Crippen LogP contribution in [0, 0.1) is 0 Å². The van der Waals surface area contributed by atoms with Gasteiger partial charge >= 0.3 is 11.8 Å². The van der Waals surface area contributed by atoms with Gasteiger partial charge in [-0.05, 0) is 65.5 Å². The van der Waals surface area contributed by atoms with Gasteiger partial charge in [0, 0.05) is 27.7 Å². The summed E-state index contributed by atoms with van der Waals surface area (Å²) in [5.41, 5.74) is 3.38. The second-order valence-corrected chi connectivity index (χ2v) is 12.1. The number of rotatable bonds is 9. The molecule has 2 N–H and O–H groups in total. The van der Waals surface area contributed by atoms with Crippen LogP contribution >= 0.6 is 23.2 Å². The Morgan fingerprint density at radius 2 is 1.47 bits per heavy atom. The first-order valence-electron chi connectivity index (χ1n) is 12.9. The lowest BCUT2D eigenvalue weighted by atomic mass is 10.1. The summed E-state index contributed by atoms with van der Waals surface area (Å²) >= 11 is 12.0. The number of amides is 2. The first kappa shape index (κ1) is 30.0. The van der Waals surface area contributed by atoms with Gasteiger partial charge < -0.3 is 9.73 Å². The summed E-state index contributed by atoms with van der Waals surface area (Å²) in [6.07, 6.45) is 1.21. The van der Waals surface area contributed by atoms with Crippen LogP contribution in [0.3, 0.4) is 0 Å². The Kier molecular flexibility index (Phi) is 9.22. The molecule has 0 atom stereocenters. The van der Waals surface area contributed by atoms with Crippen LogP contribution in [-0.4, -0.2) is 30.8 Å². The van der Waals surface area contributed by atoms with Crippen LogP contribution in [0.4, 0.5) is 5.69 Å². The van der Waals surface area contributed by atoms with Gasteiger partial charge in [-0.15, -0.1) is 0 Å². The molecule has 0 radical (unpaired) electrons. The number of hydrogen-bond acceptors (Lipinski definition) is 6. The highest BCUT2D eigenvalue weighted by Gasteiger charge is 2.26. The van der Waals surface area contributed by atoms with E-state index in [2.05, 4.69) is 15.8 Å². The van der Waals surface area contributed by atoms with Crippen LogP contribution in [0.5, 0.6) is 0 Å². The number of nitrogens with one attached hydrogen (secondary N) is 2. The average Bonchev–Trinajstić information content (AvgIpc) is 3.45. The van der Waals surface area contributed by atoms with E-state index >= 15 is 0 Å². The van der Waals surface area contributed by atoms with E-state index in [1.165, 1.54) is 34.8 Å². The minimum atomic E-state index is -3.95. The van der Waals surface area contributed by atoms with Gasteiger partial charge in [0.05, 0.1) is 17.7 Å². The minimum Gasteiger partial charge on any atom is -0.459 e. The number of benzene rings is 4. The molecule has 218 valence electrons. The quantitative estimate of drug-likeness (QED) is 0.113. The fraction of sp³-hybridized carbons (Fsp3) is 0.0645. The smallest absolute Gasteiger partial charge is 0.329 e. The van der Waals surface area contributed by atoms with E-state index < -0.39 is 21.8 Å². The molecule has 0 spiro atoms. The van der Waals surface area contributed by atoms with Gasteiger partial charge in [0.1, 0.15) is 11.5 Å². The SMILES string of the molecule is O=C(N/N=C/c1ccc(CN(Cc2ccc(Cl)cc2)S(=O)(=O)c2ccc(Cl)cc2)o1)C(=O)Nc1cccc2ccccc12. The Hall–Kier alpha value is -4.48. The summed E-state index contributed by atoms with van der Waals surface area (Å²) in [7, 11) is -3.95. The summed E-state index contributed by atoms with van der Waals surface area (Å²) < 4.78 is 34.1. The molecule has 43 heavy (non-hydrogen) atoms. The molecule has 1 heterocycles. The van der Waals surface area contributed by atoms with Crippen molar-refractivity contribution in [3.63, 3.8) is 0 Å². The van der Waals surface area contributed by atoms with E-state index in [9.17, 15) is 18.0 Å². The van der Waals surface area contributed by atoms with Gasteiger partial charge in [0.2, 0.25) is 10.0 Å². The van der Waals surface area contributed by atoms with E-state index in [1.807, 2.05) is 30.3 Å². The zero-order chi connectivity index (χ0) is 30.4. The molecule has 0 aliphatic heterocycles. The van der Waals surface area contributed by atoms with Crippen molar-refractivity contribution >= 4 is 67.7 Å². The standard InChI is InChI=1S/C31H24Cl2N4O5S/c32-23-10-8-21(9-11-23)19-37(43(40,41)27-16-12-24(33)13-17-27)20-26-15-14-25(42-26)18-34-36-31(39)30(38)35-29-7-3-5-22-4-1-2-6-28(22)29/h1-18H,19-20H2,(H,35,38)(H,36,39)/b34-18+. The van der Waals surface area contributed by atoms with Crippen LogP contribution < -0.4 is 10.7 Å². The topological polar surface area (TPSA) is 121 Å². The third-order valence-electron chi connectivity index (χ3n) is 6.34. The highest BCUT2D eigenvalue weighted by atomic mass is 35.5. The molecule has 4 aromatic carbocycles. The number of hydrazone groups is 1. The molecular formula is C31H24Cl2N4O5S. The van der Waals surface area contributed by atoms with Crippen molar-refractivity contribution < 1.29 is 22.4 Å².